The van der Waals surface area contributed by atoms with Crippen LogP contribution in [0.2, 0.25) is 0 Å². The molecule has 0 aliphatic heterocycles. The van der Waals surface area contributed by atoms with Crippen LogP contribution >= 0.6 is 0 Å². The molecule has 5 aromatic carbocycles. The van der Waals surface area contributed by atoms with Crippen LogP contribution in [0.15, 0.2) is 97.1 Å². The van der Waals surface area contributed by atoms with Crippen molar-refractivity contribution in [2.75, 3.05) is 0 Å². The van der Waals surface area contributed by atoms with Gasteiger partial charge in [0.25, 0.3) is 0 Å². The van der Waals surface area contributed by atoms with E-state index in [4.69, 9.17) is 0 Å². The Morgan fingerprint density at radius 3 is 2.26 bits per heavy atom. The lowest BCUT2D eigenvalue weighted by atomic mass is 9.68. The quantitative estimate of drug-likeness (QED) is 0.257. The summed E-state index contributed by atoms with van der Waals surface area (Å²) in [5.41, 5.74) is 9.46. The van der Waals surface area contributed by atoms with Crippen molar-refractivity contribution < 1.29 is 0 Å². The first kappa shape index (κ1) is 19.1. The smallest absolute Gasteiger partial charge is 0.0991 e. The van der Waals surface area contributed by atoms with Crippen LogP contribution in [0.3, 0.4) is 0 Å². The fourth-order valence-corrected chi connectivity index (χ4v) is 6.05. The molecule has 0 bridgehead atoms. The third-order valence-corrected chi connectivity index (χ3v) is 7.60. The summed E-state index contributed by atoms with van der Waals surface area (Å²) in [5.74, 6) is 0. The molecule has 0 radical (unpaired) electrons. The molecule has 1 heterocycles. The van der Waals surface area contributed by atoms with E-state index in [1.54, 1.807) is 0 Å². The van der Waals surface area contributed by atoms with Crippen molar-refractivity contribution in [1.82, 2.24) is 4.57 Å². The number of hydrogen-bond donors (Lipinski definition) is 0. The summed E-state index contributed by atoms with van der Waals surface area (Å²) in [7, 11) is 0. The standard InChI is InChI=1S/C32H22N2/c1-32(2)25-11-5-3-9-23(25)31-29-21(8-7-12-26(29)32)18-28-30(31)24-10-4-6-13-27(24)34(28)22-16-14-20(19-33)15-17-22/h3-18H,1-2H3. The van der Waals surface area contributed by atoms with Crippen molar-refractivity contribution in [2.45, 2.75) is 19.3 Å². The highest BCUT2D eigenvalue weighted by atomic mass is 15.0. The highest BCUT2D eigenvalue weighted by Crippen LogP contribution is 2.52. The monoisotopic (exact) mass is 434 g/mol. The molecule has 0 unspecified atom stereocenters. The molecule has 7 rings (SSSR count). The van der Waals surface area contributed by atoms with Crippen LogP contribution in [0.25, 0.3) is 49.4 Å². The second-order valence-corrected chi connectivity index (χ2v) is 9.73. The minimum absolute atomic E-state index is 0.0672. The van der Waals surface area contributed by atoms with Gasteiger partial charge in [-0.25, -0.2) is 0 Å². The molecule has 1 aliphatic carbocycles. The molecule has 0 N–H and O–H groups in total. The maximum Gasteiger partial charge on any atom is 0.0991 e. The van der Waals surface area contributed by atoms with Crippen molar-refractivity contribution >= 4 is 32.6 Å². The van der Waals surface area contributed by atoms with E-state index in [2.05, 4.69) is 97.3 Å². The number of hydrogen-bond acceptors (Lipinski definition) is 1. The molecule has 1 aliphatic rings. The number of nitrogens with zero attached hydrogens (tertiary/aromatic N) is 2. The van der Waals surface area contributed by atoms with Gasteiger partial charge in [0.05, 0.1) is 22.7 Å². The van der Waals surface area contributed by atoms with Gasteiger partial charge in [-0.1, -0.05) is 74.5 Å². The van der Waals surface area contributed by atoms with Gasteiger partial charge < -0.3 is 4.57 Å². The Bertz CT molecular complexity index is 1830. The molecule has 34 heavy (non-hydrogen) atoms. The first-order valence-electron chi connectivity index (χ1n) is 11.7. The summed E-state index contributed by atoms with van der Waals surface area (Å²) < 4.78 is 2.34. The number of para-hydroxylation sites is 1. The lowest BCUT2D eigenvalue weighted by molar-refractivity contribution is 0.645. The average Bonchev–Trinajstić information content (AvgIpc) is 3.20. The Morgan fingerprint density at radius 2 is 1.44 bits per heavy atom. The van der Waals surface area contributed by atoms with Gasteiger partial charge >= 0.3 is 0 Å². The van der Waals surface area contributed by atoms with Crippen LogP contribution in [0.5, 0.6) is 0 Å². The Morgan fingerprint density at radius 1 is 0.706 bits per heavy atom. The number of aromatic nitrogens is 1. The average molecular weight is 435 g/mol. The lowest BCUT2D eigenvalue weighted by Crippen LogP contribution is -2.23. The van der Waals surface area contributed by atoms with E-state index in [0.717, 1.165) is 5.69 Å². The van der Waals surface area contributed by atoms with Crippen LogP contribution < -0.4 is 0 Å². The van der Waals surface area contributed by atoms with Crippen LogP contribution in [-0.4, -0.2) is 4.57 Å². The van der Waals surface area contributed by atoms with Gasteiger partial charge in [-0.15, -0.1) is 0 Å². The number of fused-ring (bicyclic) bond motifs is 6. The Hall–Kier alpha value is -4.35. The van der Waals surface area contributed by atoms with Gasteiger partial charge in [0.1, 0.15) is 0 Å². The highest BCUT2D eigenvalue weighted by molar-refractivity contribution is 6.24. The largest absolute Gasteiger partial charge is 0.309 e. The second-order valence-electron chi connectivity index (χ2n) is 9.73. The molecule has 1 aromatic heterocycles. The zero-order valence-electron chi connectivity index (χ0n) is 19.1. The first-order valence-corrected chi connectivity index (χ1v) is 11.7. The fourth-order valence-electron chi connectivity index (χ4n) is 6.05. The van der Waals surface area contributed by atoms with E-state index in [1.165, 1.54) is 54.8 Å². The Labute approximate surface area is 198 Å². The number of rotatable bonds is 1. The van der Waals surface area contributed by atoms with E-state index in [-0.39, 0.29) is 5.41 Å². The SMILES string of the molecule is CC1(C)c2ccccc2-c2c3c1cccc3cc1c2c2ccccc2n1-c1ccc(C#N)cc1. The molecule has 0 fully saturated rings. The normalized spacial score (nSPS) is 13.8. The van der Waals surface area contributed by atoms with E-state index in [9.17, 15) is 5.26 Å². The lowest BCUT2D eigenvalue weighted by Gasteiger charge is -2.35. The molecule has 0 atom stereocenters. The van der Waals surface area contributed by atoms with Crippen molar-refractivity contribution in [1.29, 1.82) is 5.26 Å². The van der Waals surface area contributed by atoms with E-state index >= 15 is 0 Å². The topological polar surface area (TPSA) is 28.7 Å². The zero-order chi connectivity index (χ0) is 23.0. The highest BCUT2D eigenvalue weighted by Gasteiger charge is 2.34. The van der Waals surface area contributed by atoms with Gasteiger partial charge in [-0.2, -0.15) is 5.26 Å². The van der Waals surface area contributed by atoms with Crippen LogP contribution in [0, 0.1) is 11.3 Å². The van der Waals surface area contributed by atoms with Gasteiger partial charge in [0.2, 0.25) is 0 Å². The number of nitriles is 1. The molecular formula is C32H22N2. The van der Waals surface area contributed by atoms with E-state index in [1.807, 2.05) is 24.3 Å². The predicted octanol–water partition coefficient (Wildman–Crippen LogP) is 8.11. The molecule has 6 aromatic rings. The Kier molecular flexibility index (Phi) is 3.71. The molecule has 160 valence electrons. The molecule has 0 amide bonds. The van der Waals surface area contributed by atoms with E-state index < -0.39 is 0 Å². The van der Waals surface area contributed by atoms with Gasteiger partial charge in [0, 0.05) is 27.4 Å². The van der Waals surface area contributed by atoms with Crippen molar-refractivity contribution in [3.63, 3.8) is 0 Å². The minimum Gasteiger partial charge on any atom is -0.309 e. The number of benzene rings is 5. The summed E-state index contributed by atoms with van der Waals surface area (Å²) >= 11 is 0. The van der Waals surface area contributed by atoms with Gasteiger partial charge in [-0.3, -0.25) is 0 Å². The first-order chi connectivity index (χ1) is 16.6. The maximum absolute atomic E-state index is 9.30. The van der Waals surface area contributed by atoms with Crippen molar-refractivity contribution in [3.05, 3.63) is 114 Å². The molecular weight excluding hydrogens is 412 g/mol. The third kappa shape index (κ3) is 2.34. The molecule has 0 saturated heterocycles. The van der Waals surface area contributed by atoms with Crippen molar-refractivity contribution in [3.8, 4) is 22.9 Å². The summed E-state index contributed by atoms with van der Waals surface area (Å²) in [5, 5.41) is 14.5. The molecule has 2 heteroatoms. The molecule has 0 spiro atoms. The summed E-state index contributed by atoms with van der Waals surface area (Å²) in [6.07, 6.45) is 0. The summed E-state index contributed by atoms with van der Waals surface area (Å²) in [6.45, 7) is 4.68. The Balaban J connectivity index is 1.75. The summed E-state index contributed by atoms with van der Waals surface area (Å²) in [6, 6.07) is 36.8. The van der Waals surface area contributed by atoms with Crippen LogP contribution in [0.4, 0.5) is 0 Å². The molecule has 2 nitrogen and oxygen atoms in total. The third-order valence-electron chi connectivity index (χ3n) is 7.60. The fraction of sp³-hybridized carbons (Fsp3) is 0.0938. The maximum atomic E-state index is 9.30. The second kappa shape index (κ2) is 6.59. The minimum atomic E-state index is -0.0672. The molecule has 0 saturated carbocycles. The van der Waals surface area contributed by atoms with Gasteiger partial charge in [0.15, 0.2) is 0 Å². The summed E-state index contributed by atoms with van der Waals surface area (Å²) in [4.78, 5) is 0. The predicted molar refractivity (Wildman–Crippen MR) is 141 cm³/mol. The van der Waals surface area contributed by atoms with Crippen molar-refractivity contribution in [2.24, 2.45) is 0 Å². The zero-order valence-corrected chi connectivity index (χ0v) is 19.1. The van der Waals surface area contributed by atoms with Crippen LogP contribution in [-0.2, 0) is 5.41 Å². The van der Waals surface area contributed by atoms with Gasteiger partial charge in [-0.05, 0) is 63.9 Å². The van der Waals surface area contributed by atoms with E-state index in [0.29, 0.717) is 5.56 Å². The van der Waals surface area contributed by atoms with Crippen LogP contribution in [0.1, 0.15) is 30.5 Å².